The molecule has 0 aliphatic heterocycles. The van der Waals surface area contributed by atoms with E-state index in [1.165, 1.54) is 0 Å². The number of ether oxygens (including phenoxy) is 2. The van der Waals surface area contributed by atoms with Gasteiger partial charge in [-0.3, -0.25) is 4.79 Å². The van der Waals surface area contributed by atoms with Crippen LogP contribution in [-0.2, 0) is 14.3 Å². The lowest BCUT2D eigenvalue weighted by Gasteiger charge is -2.34. The molecule has 2 rings (SSSR count). The average molecular weight is 371 g/mol. The molecule has 5 heteroatoms. The van der Waals surface area contributed by atoms with Gasteiger partial charge in [-0.2, -0.15) is 0 Å². The van der Waals surface area contributed by atoms with Crippen LogP contribution in [0, 0.1) is 6.92 Å². The summed E-state index contributed by atoms with van der Waals surface area (Å²) >= 11 is 0. The first-order valence-electron chi connectivity index (χ1n) is 9.16. The summed E-state index contributed by atoms with van der Waals surface area (Å²) in [6.07, 6.45) is 5.03. The van der Waals surface area contributed by atoms with Crippen molar-refractivity contribution in [3.8, 4) is 0 Å². The molecule has 0 heterocycles. The molecule has 1 aliphatic rings. The van der Waals surface area contributed by atoms with Crippen LogP contribution < -0.4 is 5.32 Å². The van der Waals surface area contributed by atoms with Gasteiger partial charge in [0, 0.05) is 12.0 Å². The van der Waals surface area contributed by atoms with E-state index in [0.29, 0.717) is 12.0 Å². The molecule has 2 unspecified atom stereocenters. The van der Waals surface area contributed by atoms with Gasteiger partial charge in [0.2, 0.25) is 11.7 Å². The molecule has 0 spiro atoms. The minimum Gasteiger partial charge on any atom is -0.425 e. The maximum absolute atomic E-state index is 12.7. The van der Waals surface area contributed by atoms with Crippen LogP contribution in [0.5, 0.6) is 0 Å². The second-order valence-electron chi connectivity index (χ2n) is 8.00. The molecule has 0 saturated heterocycles. The summed E-state index contributed by atoms with van der Waals surface area (Å²) in [7, 11) is 0. The Hall–Kier alpha value is -2.40. The van der Waals surface area contributed by atoms with Gasteiger partial charge in [0.25, 0.3) is 0 Å². The monoisotopic (exact) mass is 371 g/mol. The number of amides is 1. The molecule has 1 aromatic rings. The molecular formula is C22H29NO4. The SMILES string of the molecule is CC1=CCC(OC(=O)c2ccccc2C)(OC(C)C(=O)NC(C)(C)C)C=C1. The van der Waals surface area contributed by atoms with Crippen molar-refractivity contribution in [2.45, 2.75) is 65.4 Å². The van der Waals surface area contributed by atoms with Crippen molar-refractivity contribution in [1.82, 2.24) is 5.32 Å². The molecular weight excluding hydrogens is 342 g/mol. The number of nitrogens with one attached hydrogen (secondary N) is 1. The molecule has 0 aromatic heterocycles. The summed E-state index contributed by atoms with van der Waals surface area (Å²) in [5.74, 6) is -2.05. The number of carbonyl (C=O) groups is 2. The highest BCUT2D eigenvalue weighted by atomic mass is 16.7. The van der Waals surface area contributed by atoms with Crippen LogP contribution in [0.1, 0.15) is 57.0 Å². The van der Waals surface area contributed by atoms with Gasteiger partial charge in [-0.05, 0) is 59.2 Å². The Morgan fingerprint density at radius 2 is 1.85 bits per heavy atom. The van der Waals surface area contributed by atoms with Crippen molar-refractivity contribution in [3.63, 3.8) is 0 Å². The second-order valence-corrected chi connectivity index (χ2v) is 8.00. The number of esters is 1. The lowest BCUT2D eigenvalue weighted by Crippen LogP contribution is -2.49. The van der Waals surface area contributed by atoms with Gasteiger partial charge in [0.1, 0.15) is 6.10 Å². The standard InChI is InChI=1S/C22H29NO4/c1-15-11-13-22(14-12-15,26-17(3)19(24)23-21(4,5)6)27-20(25)18-10-8-7-9-16(18)2/h7-13,17H,14H2,1-6H3,(H,23,24). The van der Waals surface area contributed by atoms with E-state index in [1.54, 1.807) is 25.1 Å². The second kappa shape index (κ2) is 8.09. The zero-order valence-electron chi connectivity index (χ0n) is 17.0. The average Bonchev–Trinajstić information content (AvgIpc) is 2.56. The fourth-order valence-corrected chi connectivity index (χ4v) is 2.72. The van der Waals surface area contributed by atoms with Gasteiger partial charge in [0.05, 0.1) is 5.56 Å². The molecule has 0 fully saturated rings. The van der Waals surface area contributed by atoms with E-state index in [4.69, 9.17) is 9.47 Å². The minimum absolute atomic E-state index is 0.256. The predicted molar refractivity (Wildman–Crippen MR) is 105 cm³/mol. The zero-order valence-corrected chi connectivity index (χ0v) is 17.0. The molecule has 1 aromatic carbocycles. The molecule has 146 valence electrons. The summed E-state index contributed by atoms with van der Waals surface area (Å²) in [5.41, 5.74) is 1.97. The molecule has 1 N–H and O–H groups in total. The van der Waals surface area contributed by atoms with Gasteiger partial charge >= 0.3 is 5.97 Å². The predicted octanol–water partition coefficient (Wildman–Crippen LogP) is 4.07. The summed E-state index contributed by atoms with van der Waals surface area (Å²) in [4.78, 5) is 25.2. The summed E-state index contributed by atoms with van der Waals surface area (Å²) in [5, 5.41) is 2.88. The number of hydrogen-bond donors (Lipinski definition) is 1. The summed E-state index contributed by atoms with van der Waals surface area (Å²) in [6.45, 7) is 11.2. The van der Waals surface area contributed by atoms with E-state index in [2.05, 4.69) is 5.32 Å². The molecule has 5 nitrogen and oxygen atoms in total. The maximum Gasteiger partial charge on any atom is 0.341 e. The van der Waals surface area contributed by atoms with Gasteiger partial charge < -0.3 is 14.8 Å². The van der Waals surface area contributed by atoms with Crippen LogP contribution >= 0.6 is 0 Å². The summed E-state index contributed by atoms with van der Waals surface area (Å²) < 4.78 is 11.8. The number of benzene rings is 1. The number of rotatable bonds is 5. The Morgan fingerprint density at radius 1 is 1.19 bits per heavy atom. The minimum atomic E-state index is -1.31. The van der Waals surface area contributed by atoms with Crippen LogP contribution in [0.15, 0.2) is 48.1 Å². The molecule has 0 saturated carbocycles. The third kappa shape index (κ3) is 5.79. The molecule has 0 bridgehead atoms. The molecule has 2 atom stereocenters. The first kappa shape index (κ1) is 20.9. The zero-order chi connectivity index (χ0) is 20.2. The van der Waals surface area contributed by atoms with Crippen LogP contribution in [0.4, 0.5) is 0 Å². The Morgan fingerprint density at radius 3 is 2.41 bits per heavy atom. The number of carbonyl (C=O) groups excluding carboxylic acids is 2. The van der Waals surface area contributed by atoms with Crippen LogP contribution in [-0.4, -0.2) is 29.3 Å². The van der Waals surface area contributed by atoms with E-state index in [9.17, 15) is 9.59 Å². The third-order valence-corrected chi connectivity index (χ3v) is 4.18. The van der Waals surface area contributed by atoms with E-state index in [-0.39, 0.29) is 11.4 Å². The van der Waals surface area contributed by atoms with Gasteiger partial charge in [-0.15, -0.1) is 0 Å². The van der Waals surface area contributed by atoms with Crippen molar-refractivity contribution in [2.75, 3.05) is 0 Å². The summed E-state index contributed by atoms with van der Waals surface area (Å²) in [6, 6.07) is 7.22. The Labute approximate surface area is 161 Å². The van der Waals surface area contributed by atoms with Crippen LogP contribution in [0.2, 0.25) is 0 Å². The van der Waals surface area contributed by atoms with Gasteiger partial charge in [0.15, 0.2) is 0 Å². The molecule has 1 aliphatic carbocycles. The Kier molecular flexibility index (Phi) is 6.26. The lowest BCUT2D eigenvalue weighted by atomic mass is 10.0. The lowest BCUT2D eigenvalue weighted by molar-refractivity contribution is -0.197. The van der Waals surface area contributed by atoms with Crippen molar-refractivity contribution < 1.29 is 19.1 Å². The van der Waals surface area contributed by atoms with E-state index < -0.39 is 17.9 Å². The highest BCUT2D eigenvalue weighted by molar-refractivity contribution is 5.91. The Bertz CT molecular complexity index is 773. The quantitative estimate of drug-likeness (QED) is 0.626. The molecule has 1 amide bonds. The van der Waals surface area contributed by atoms with Crippen molar-refractivity contribution >= 4 is 11.9 Å². The van der Waals surface area contributed by atoms with E-state index >= 15 is 0 Å². The Balaban J connectivity index is 2.21. The fraction of sp³-hybridized carbons (Fsp3) is 0.455. The highest BCUT2D eigenvalue weighted by Crippen LogP contribution is 2.29. The van der Waals surface area contributed by atoms with Crippen LogP contribution in [0.25, 0.3) is 0 Å². The first-order chi connectivity index (χ1) is 12.5. The number of aryl methyl sites for hydroxylation is 1. The van der Waals surface area contributed by atoms with E-state index in [1.807, 2.05) is 58.9 Å². The van der Waals surface area contributed by atoms with Crippen LogP contribution in [0.3, 0.4) is 0 Å². The largest absolute Gasteiger partial charge is 0.425 e. The first-order valence-corrected chi connectivity index (χ1v) is 9.16. The number of allylic oxidation sites excluding steroid dienone is 2. The van der Waals surface area contributed by atoms with E-state index in [0.717, 1.165) is 11.1 Å². The smallest absolute Gasteiger partial charge is 0.341 e. The third-order valence-electron chi connectivity index (χ3n) is 4.18. The van der Waals surface area contributed by atoms with Gasteiger partial charge in [-0.1, -0.05) is 35.9 Å². The fourth-order valence-electron chi connectivity index (χ4n) is 2.72. The molecule has 27 heavy (non-hydrogen) atoms. The normalized spacial score (nSPS) is 20.6. The highest BCUT2D eigenvalue weighted by Gasteiger charge is 2.38. The molecule has 0 radical (unpaired) electrons. The van der Waals surface area contributed by atoms with Crippen molar-refractivity contribution in [1.29, 1.82) is 0 Å². The van der Waals surface area contributed by atoms with Gasteiger partial charge in [-0.25, -0.2) is 4.79 Å². The topological polar surface area (TPSA) is 64.6 Å². The maximum atomic E-state index is 12.7. The van der Waals surface area contributed by atoms with Crippen molar-refractivity contribution in [2.24, 2.45) is 0 Å². The number of hydrogen-bond acceptors (Lipinski definition) is 4. The van der Waals surface area contributed by atoms with Crippen molar-refractivity contribution in [3.05, 3.63) is 59.2 Å².